The molecule has 1 heterocycles. The van der Waals surface area contributed by atoms with Crippen LogP contribution in [0.15, 0.2) is 54.7 Å². The first-order valence-electron chi connectivity index (χ1n) is 10.2. The predicted molar refractivity (Wildman–Crippen MR) is 121 cm³/mol. The molecule has 2 aromatic rings. The number of nitrogens with zero attached hydrogens (tertiary/aromatic N) is 2. The third-order valence-corrected chi connectivity index (χ3v) is 5.32. The van der Waals surface area contributed by atoms with Gasteiger partial charge in [0.1, 0.15) is 24.9 Å². The van der Waals surface area contributed by atoms with E-state index in [9.17, 15) is 19.5 Å². The number of aliphatic carboxylic acids is 1. The Hall–Kier alpha value is -3.32. The molecule has 32 heavy (non-hydrogen) atoms. The zero-order valence-corrected chi connectivity index (χ0v) is 18.9. The molecular weight excluding hydrogens is 432 g/mol. The molecule has 0 fully saturated rings. The van der Waals surface area contributed by atoms with Gasteiger partial charge in [0.25, 0.3) is 5.91 Å². The summed E-state index contributed by atoms with van der Waals surface area (Å²) >= 11 is 6.02. The minimum Gasteiger partial charge on any atom is -0.489 e. The standard InChI is InChI=1S/C24H25ClN2O5/c1-15(2)23-24(31)27(13-22(29)30)21(12-26(23)16(3)28)18-7-5-9-20(11-18)32-14-17-6-4-8-19(25)10-17/h4-12,15,23H,13-14H2,1-3H3,(H,29,30)/t23-/m1/s1. The van der Waals surface area contributed by atoms with Gasteiger partial charge in [0.15, 0.2) is 0 Å². The van der Waals surface area contributed by atoms with Gasteiger partial charge in [0.05, 0.1) is 5.70 Å². The maximum absolute atomic E-state index is 13.2. The summed E-state index contributed by atoms with van der Waals surface area (Å²) in [5.41, 5.74) is 1.79. The van der Waals surface area contributed by atoms with Crippen molar-refractivity contribution in [2.45, 2.75) is 33.4 Å². The third kappa shape index (κ3) is 5.29. The Bertz CT molecular complexity index is 1070. The Morgan fingerprint density at radius 3 is 2.50 bits per heavy atom. The highest BCUT2D eigenvalue weighted by Crippen LogP contribution is 2.31. The number of carboxylic acid groups (broad SMARTS) is 1. The average molecular weight is 457 g/mol. The lowest BCUT2D eigenvalue weighted by Gasteiger charge is -2.40. The number of amides is 2. The summed E-state index contributed by atoms with van der Waals surface area (Å²) in [6.45, 7) is 4.80. The van der Waals surface area contributed by atoms with Crippen molar-refractivity contribution in [2.75, 3.05) is 6.54 Å². The van der Waals surface area contributed by atoms with Crippen molar-refractivity contribution in [1.82, 2.24) is 9.80 Å². The molecule has 0 saturated heterocycles. The second-order valence-corrected chi connectivity index (χ2v) is 8.33. The van der Waals surface area contributed by atoms with Crippen molar-refractivity contribution in [3.8, 4) is 5.75 Å². The summed E-state index contributed by atoms with van der Waals surface area (Å²) < 4.78 is 5.87. The fourth-order valence-corrected chi connectivity index (χ4v) is 3.85. The van der Waals surface area contributed by atoms with Gasteiger partial charge in [-0.25, -0.2) is 0 Å². The van der Waals surface area contributed by atoms with Crippen LogP contribution in [0.5, 0.6) is 5.75 Å². The number of hydrogen-bond donors (Lipinski definition) is 1. The lowest BCUT2D eigenvalue weighted by atomic mass is 9.97. The lowest BCUT2D eigenvalue weighted by molar-refractivity contribution is -0.148. The summed E-state index contributed by atoms with van der Waals surface area (Å²) in [6, 6.07) is 13.5. The van der Waals surface area contributed by atoms with Crippen LogP contribution >= 0.6 is 11.6 Å². The maximum Gasteiger partial charge on any atom is 0.323 e. The molecule has 0 unspecified atom stereocenters. The number of benzene rings is 2. The van der Waals surface area contributed by atoms with Crippen LogP contribution in [0, 0.1) is 5.92 Å². The fraction of sp³-hybridized carbons (Fsp3) is 0.292. The quantitative estimate of drug-likeness (QED) is 0.680. The van der Waals surface area contributed by atoms with Crippen LogP contribution in [0.1, 0.15) is 31.9 Å². The predicted octanol–water partition coefficient (Wildman–Crippen LogP) is 4.02. The molecule has 168 valence electrons. The third-order valence-electron chi connectivity index (χ3n) is 5.08. The first-order valence-corrected chi connectivity index (χ1v) is 10.6. The Balaban J connectivity index is 1.96. The van der Waals surface area contributed by atoms with Gasteiger partial charge >= 0.3 is 5.97 Å². The van der Waals surface area contributed by atoms with Crippen molar-refractivity contribution in [2.24, 2.45) is 5.92 Å². The van der Waals surface area contributed by atoms with Gasteiger partial charge in [-0.3, -0.25) is 19.3 Å². The van der Waals surface area contributed by atoms with E-state index in [-0.39, 0.29) is 18.4 Å². The number of hydrogen-bond acceptors (Lipinski definition) is 4. The molecule has 0 aromatic heterocycles. The number of halogens is 1. The smallest absolute Gasteiger partial charge is 0.323 e. The van der Waals surface area contributed by atoms with Gasteiger partial charge in [-0.1, -0.05) is 49.7 Å². The van der Waals surface area contributed by atoms with Gasteiger partial charge in [0.2, 0.25) is 5.91 Å². The van der Waals surface area contributed by atoms with Gasteiger partial charge in [-0.05, 0) is 35.7 Å². The second kappa shape index (κ2) is 9.87. The van der Waals surface area contributed by atoms with Gasteiger partial charge in [0, 0.05) is 23.7 Å². The van der Waals surface area contributed by atoms with Crippen molar-refractivity contribution in [3.63, 3.8) is 0 Å². The Morgan fingerprint density at radius 1 is 1.16 bits per heavy atom. The highest BCUT2D eigenvalue weighted by molar-refractivity contribution is 6.30. The van der Waals surface area contributed by atoms with Gasteiger partial charge < -0.3 is 14.7 Å². The average Bonchev–Trinajstić information content (AvgIpc) is 2.73. The van der Waals surface area contributed by atoms with Crippen LogP contribution in [0.2, 0.25) is 5.02 Å². The Labute approximate surface area is 191 Å². The molecule has 8 heteroatoms. The SMILES string of the molecule is CC(=O)N1C=C(c2cccc(OCc3cccc(Cl)c3)c2)N(CC(=O)O)C(=O)[C@H]1C(C)C. The van der Waals surface area contributed by atoms with E-state index in [0.717, 1.165) is 5.56 Å². The van der Waals surface area contributed by atoms with E-state index in [4.69, 9.17) is 16.3 Å². The molecule has 0 spiro atoms. The van der Waals surface area contributed by atoms with Gasteiger partial charge in [-0.2, -0.15) is 0 Å². The fourth-order valence-electron chi connectivity index (χ4n) is 3.64. The summed E-state index contributed by atoms with van der Waals surface area (Å²) in [4.78, 5) is 39.6. The summed E-state index contributed by atoms with van der Waals surface area (Å²) in [7, 11) is 0. The van der Waals surface area contributed by atoms with Crippen molar-refractivity contribution < 1.29 is 24.2 Å². The lowest BCUT2D eigenvalue weighted by Crippen LogP contribution is -2.55. The van der Waals surface area contributed by atoms with E-state index in [1.807, 2.05) is 26.0 Å². The summed E-state index contributed by atoms with van der Waals surface area (Å²) in [5.74, 6) is -1.52. The number of carboxylic acids is 1. The molecule has 1 aliphatic rings. The zero-order valence-electron chi connectivity index (χ0n) is 18.1. The first-order chi connectivity index (χ1) is 15.2. The molecule has 0 saturated carbocycles. The second-order valence-electron chi connectivity index (χ2n) is 7.89. The molecule has 0 radical (unpaired) electrons. The van der Waals surface area contributed by atoms with Crippen molar-refractivity contribution in [1.29, 1.82) is 0 Å². The minimum absolute atomic E-state index is 0.187. The molecule has 2 aromatic carbocycles. The van der Waals surface area contributed by atoms with Crippen LogP contribution in [-0.2, 0) is 21.0 Å². The van der Waals surface area contributed by atoms with Crippen LogP contribution in [-0.4, -0.2) is 45.3 Å². The molecule has 1 atom stereocenters. The zero-order chi connectivity index (χ0) is 23.4. The molecule has 7 nitrogen and oxygen atoms in total. The Kier molecular flexibility index (Phi) is 7.20. The monoisotopic (exact) mass is 456 g/mol. The Morgan fingerprint density at radius 2 is 1.88 bits per heavy atom. The van der Waals surface area contributed by atoms with E-state index in [1.165, 1.54) is 16.7 Å². The molecular formula is C24H25ClN2O5. The van der Waals surface area contributed by atoms with Crippen molar-refractivity contribution in [3.05, 3.63) is 70.9 Å². The molecule has 3 rings (SSSR count). The van der Waals surface area contributed by atoms with E-state index < -0.39 is 24.5 Å². The number of carbonyl (C=O) groups excluding carboxylic acids is 2. The number of carbonyl (C=O) groups is 3. The maximum atomic E-state index is 13.2. The van der Waals surface area contributed by atoms with Crippen LogP contribution in [0.4, 0.5) is 0 Å². The van der Waals surface area contributed by atoms with E-state index in [2.05, 4.69) is 0 Å². The largest absolute Gasteiger partial charge is 0.489 e. The van der Waals surface area contributed by atoms with E-state index in [0.29, 0.717) is 22.0 Å². The number of ether oxygens (including phenoxy) is 1. The van der Waals surface area contributed by atoms with Crippen LogP contribution < -0.4 is 4.74 Å². The number of rotatable bonds is 7. The van der Waals surface area contributed by atoms with Crippen LogP contribution in [0.25, 0.3) is 5.70 Å². The highest BCUT2D eigenvalue weighted by Gasteiger charge is 2.40. The van der Waals surface area contributed by atoms with Crippen LogP contribution in [0.3, 0.4) is 0 Å². The van der Waals surface area contributed by atoms with E-state index >= 15 is 0 Å². The first kappa shape index (κ1) is 23.3. The summed E-state index contributed by atoms with van der Waals surface area (Å²) in [5, 5.41) is 10.0. The molecule has 1 N–H and O–H groups in total. The topological polar surface area (TPSA) is 87.2 Å². The van der Waals surface area contributed by atoms with Crippen molar-refractivity contribution >= 4 is 35.1 Å². The molecule has 2 amide bonds. The van der Waals surface area contributed by atoms with Gasteiger partial charge in [-0.15, -0.1) is 0 Å². The molecule has 0 bridgehead atoms. The highest BCUT2D eigenvalue weighted by atomic mass is 35.5. The molecule has 1 aliphatic heterocycles. The normalized spacial score (nSPS) is 16.2. The molecule has 0 aliphatic carbocycles. The minimum atomic E-state index is -1.14. The van der Waals surface area contributed by atoms with E-state index in [1.54, 1.807) is 42.6 Å². The summed E-state index contributed by atoms with van der Waals surface area (Å²) in [6.07, 6.45) is 1.55.